The lowest BCUT2D eigenvalue weighted by molar-refractivity contribution is -0.384. The molecule has 2 aromatic carbocycles. The summed E-state index contributed by atoms with van der Waals surface area (Å²) >= 11 is 7.58. The number of nitrogens with zero attached hydrogens (tertiary/aromatic N) is 4. The Hall–Kier alpha value is -2.91. The fourth-order valence-electron chi connectivity index (χ4n) is 2.98. The number of nitro benzene ring substituents is 1. The highest BCUT2D eigenvalue weighted by molar-refractivity contribution is 8.00. The van der Waals surface area contributed by atoms with Crippen LogP contribution in [0, 0.1) is 17.0 Å². The molecule has 0 radical (unpaired) electrons. The van der Waals surface area contributed by atoms with Gasteiger partial charge in [-0.15, -0.1) is 10.2 Å². The van der Waals surface area contributed by atoms with Crippen molar-refractivity contribution in [3.05, 3.63) is 63.2 Å². The van der Waals surface area contributed by atoms with Crippen molar-refractivity contribution in [2.75, 3.05) is 5.32 Å². The highest BCUT2D eigenvalue weighted by Gasteiger charge is 2.23. The quantitative estimate of drug-likeness (QED) is 0.277. The zero-order valence-electron chi connectivity index (χ0n) is 17.3. The second-order valence-electron chi connectivity index (χ2n) is 6.83. The standard InChI is InChI=1S/C21H22ClN5O3S/c1-4-18(20(28)23-15-7-6-8-16(12-15)27(29)30)31-21-25-24-19(26(21)5-2)14-10-9-13(3)17(22)11-14/h6-12,18H,4-5H2,1-3H3,(H,23,28)/t18-/m0/s1. The number of nitro groups is 1. The van der Waals surface area contributed by atoms with Gasteiger partial charge in [0.25, 0.3) is 5.69 Å². The molecule has 1 N–H and O–H groups in total. The van der Waals surface area contributed by atoms with Crippen LogP contribution in [0.5, 0.6) is 0 Å². The van der Waals surface area contributed by atoms with Crippen molar-refractivity contribution in [2.45, 2.75) is 44.1 Å². The Morgan fingerprint density at radius 2 is 2.03 bits per heavy atom. The molecule has 1 aromatic heterocycles. The monoisotopic (exact) mass is 459 g/mol. The number of aromatic nitrogens is 3. The third-order valence-corrected chi connectivity index (χ3v) is 6.45. The smallest absolute Gasteiger partial charge is 0.271 e. The predicted octanol–water partition coefficient (Wildman–Crippen LogP) is 5.34. The van der Waals surface area contributed by atoms with Gasteiger partial charge in [0.05, 0.1) is 10.2 Å². The van der Waals surface area contributed by atoms with Crippen molar-refractivity contribution in [2.24, 2.45) is 0 Å². The maximum absolute atomic E-state index is 12.8. The van der Waals surface area contributed by atoms with Gasteiger partial charge in [0.15, 0.2) is 11.0 Å². The zero-order chi connectivity index (χ0) is 22.5. The van der Waals surface area contributed by atoms with Crippen LogP contribution in [-0.2, 0) is 11.3 Å². The molecule has 162 valence electrons. The van der Waals surface area contributed by atoms with Crippen LogP contribution in [0.1, 0.15) is 25.8 Å². The average Bonchev–Trinajstić information content (AvgIpc) is 3.16. The van der Waals surface area contributed by atoms with E-state index in [0.29, 0.717) is 34.7 Å². The first-order valence-electron chi connectivity index (χ1n) is 9.75. The molecule has 0 aliphatic rings. The van der Waals surface area contributed by atoms with Crippen LogP contribution in [0.2, 0.25) is 5.02 Å². The van der Waals surface area contributed by atoms with E-state index >= 15 is 0 Å². The molecule has 10 heteroatoms. The van der Waals surface area contributed by atoms with Gasteiger partial charge in [-0.3, -0.25) is 14.9 Å². The van der Waals surface area contributed by atoms with Crippen LogP contribution in [0.25, 0.3) is 11.4 Å². The van der Waals surface area contributed by atoms with Crippen LogP contribution < -0.4 is 5.32 Å². The van der Waals surface area contributed by atoms with E-state index in [1.165, 1.54) is 30.0 Å². The molecule has 0 saturated heterocycles. The summed E-state index contributed by atoms with van der Waals surface area (Å²) < 4.78 is 1.94. The van der Waals surface area contributed by atoms with Gasteiger partial charge in [-0.25, -0.2) is 0 Å². The van der Waals surface area contributed by atoms with Crippen molar-refractivity contribution in [3.63, 3.8) is 0 Å². The molecular formula is C21H22ClN5O3S. The Labute approximate surface area is 189 Å². The summed E-state index contributed by atoms with van der Waals surface area (Å²) in [7, 11) is 0. The summed E-state index contributed by atoms with van der Waals surface area (Å²) in [5.74, 6) is 0.430. The maximum atomic E-state index is 12.8. The SMILES string of the molecule is CC[C@H](Sc1nnc(-c2ccc(C)c(Cl)c2)n1CC)C(=O)Nc1cccc([N+](=O)[O-])c1. The van der Waals surface area contributed by atoms with Gasteiger partial charge in [-0.1, -0.05) is 48.5 Å². The molecule has 1 amide bonds. The molecule has 3 rings (SSSR count). The van der Waals surface area contributed by atoms with Crippen molar-refractivity contribution >= 4 is 40.6 Å². The molecule has 0 bridgehead atoms. The normalized spacial score (nSPS) is 11.9. The van der Waals surface area contributed by atoms with Crippen molar-refractivity contribution in [1.29, 1.82) is 0 Å². The minimum atomic E-state index is -0.496. The number of carbonyl (C=O) groups is 1. The third-order valence-electron chi connectivity index (χ3n) is 4.70. The van der Waals surface area contributed by atoms with E-state index < -0.39 is 10.2 Å². The molecule has 0 saturated carbocycles. The van der Waals surface area contributed by atoms with Crippen LogP contribution >= 0.6 is 23.4 Å². The fraction of sp³-hybridized carbons (Fsp3) is 0.286. The second-order valence-corrected chi connectivity index (χ2v) is 8.40. The molecule has 0 unspecified atom stereocenters. The Kier molecular flexibility index (Phi) is 7.29. The number of anilines is 1. The Bertz CT molecular complexity index is 1120. The third kappa shape index (κ3) is 5.23. The molecule has 3 aromatic rings. The lowest BCUT2D eigenvalue weighted by Crippen LogP contribution is -2.25. The number of aryl methyl sites for hydroxylation is 1. The molecule has 1 atom stereocenters. The lowest BCUT2D eigenvalue weighted by Gasteiger charge is -2.15. The molecule has 1 heterocycles. The average molecular weight is 460 g/mol. The topological polar surface area (TPSA) is 103 Å². The molecule has 0 aliphatic heterocycles. The minimum Gasteiger partial charge on any atom is -0.325 e. The van der Waals surface area contributed by atoms with Crippen LogP contribution in [0.4, 0.5) is 11.4 Å². The summed E-state index contributed by atoms with van der Waals surface area (Å²) in [5.41, 5.74) is 2.13. The summed E-state index contributed by atoms with van der Waals surface area (Å²) in [4.78, 5) is 23.3. The number of hydrogen-bond donors (Lipinski definition) is 1. The van der Waals surface area contributed by atoms with Crippen molar-refractivity contribution < 1.29 is 9.72 Å². The first-order valence-corrected chi connectivity index (χ1v) is 11.0. The lowest BCUT2D eigenvalue weighted by atomic mass is 10.1. The predicted molar refractivity (Wildman–Crippen MR) is 123 cm³/mol. The Morgan fingerprint density at radius 1 is 1.26 bits per heavy atom. The van der Waals surface area contributed by atoms with Gasteiger partial charge in [-0.05, 0) is 38.0 Å². The van der Waals surface area contributed by atoms with Gasteiger partial charge in [0.2, 0.25) is 5.91 Å². The molecule has 0 aliphatic carbocycles. The van der Waals surface area contributed by atoms with E-state index in [1.54, 1.807) is 6.07 Å². The van der Waals surface area contributed by atoms with Gasteiger partial charge in [0, 0.05) is 35.0 Å². The molecule has 0 spiro atoms. The zero-order valence-corrected chi connectivity index (χ0v) is 18.9. The summed E-state index contributed by atoms with van der Waals surface area (Å²) in [6, 6.07) is 11.6. The number of rotatable bonds is 8. The summed E-state index contributed by atoms with van der Waals surface area (Å²) in [5, 5.41) is 23.2. The number of amides is 1. The number of halogens is 1. The molecule has 0 fully saturated rings. The van der Waals surface area contributed by atoms with E-state index in [-0.39, 0.29) is 11.6 Å². The molecule has 31 heavy (non-hydrogen) atoms. The molecular weight excluding hydrogens is 438 g/mol. The van der Waals surface area contributed by atoms with Crippen LogP contribution in [-0.4, -0.2) is 30.8 Å². The van der Waals surface area contributed by atoms with E-state index in [0.717, 1.165) is 11.1 Å². The number of non-ortho nitro benzene ring substituents is 1. The summed E-state index contributed by atoms with van der Waals surface area (Å²) in [6.07, 6.45) is 0.549. The first-order chi connectivity index (χ1) is 14.8. The van der Waals surface area contributed by atoms with Crippen LogP contribution in [0.3, 0.4) is 0 Å². The Balaban J connectivity index is 1.80. The highest BCUT2D eigenvalue weighted by Crippen LogP contribution is 2.30. The fourth-order valence-corrected chi connectivity index (χ4v) is 4.17. The first kappa shape index (κ1) is 22.8. The number of nitrogens with one attached hydrogen (secondary N) is 1. The van der Waals surface area contributed by atoms with Crippen molar-refractivity contribution in [3.8, 4) is 11.4 Å². The van der Waals surface area contributed by atoms with Gasteiger partial charge in [-0.2, -0.15) is 0 Å². The minimum absolute atomic E-state index is 0.0781. The number of thioether (sulfide) groups is 1. The number of benzene rings is 2. The van der Waals surface area contributed by atoms with E-state index in [2.05, 4.69) is 15.5 Å². The van der Waals surface area contributed by atoms with Gasteiger partial charge >= 0.3 is 0 Å². The number of carbonyl (C=O) groups excluding carboxylic acids is 1. The van der Waals surface area contributed by atoms with Gasteiger partial charge < -0.3 is 9.88 Å². The highest BCUT2D eigenvalue weighted by atomic mass is 35.5. The number of hydrogen-bond acceptors (Lipinski definition) is 6. The Morgan fingerprint density at radius 3 is 2.68 bits per heavy atom. The summed E-state index contributed by atoms with van der Waals surface area (Å²) in [6.45, 7) is 6.44. The van der Waals surface area contributed by atoms with E-state index in [9.17, 15) is 14.9 Å². The van der Waals surface area contributed by atoms with E-state index in [1.807, 2.05) is 43.5 Å². The van der Waals surface area contributed by atoms with E-state index in [4.69, 9.17) is 11.6 Å². The van der Waals surface area contributed by atoms with Crippen molar-refractivity contribution in [1.82, 2.24) is 14.8 Å². The van der Waals surface area contributed by atoms with Crippen LogP contribution in [0.15, 0.2) is 47.6 Å². The largest absolute Gasteiger partial charge is 0.325 e. The second kappa shape index (κ2) is 9.93. The maximum Gasteiger partial charge on any atom is 0.271 e. The van der Waals surface area contributed by atoms with Gasteiger partial charge in [0.1, 0.15) is 0 Å². The molecule has 8 nitrogen and oxygen atoms in total.